The first-order chi connectivity index (χ1) is 13.0. The summed E-state index contributed by atoms with van der Waals surface area (Å²) >= 11 is 11.0. The van der Waals surface area contributed by atoms with Crippen molar-refractivity contribution >= 4 is 44.8 Å². The van der Waals surface area contributed by atoms with Crippen LogP contribution in [0.15, 0.2) is 45.0 Å². The molecule has 0 spiro atoms. The van der Waals surface area contributed by atoms with E-state index in [0.29, 0.717) is 23.0 Å². The molecular formula is C18H16BrClN4O2S. The van der Waals surface area contributed by atoms with Crippen LogP contribution in [0.5, 0.6) is 0 Å². The predicted molar refractivity (Wildman–Crippen MR) is 110 cm³/mol. The molecule has 0 bridgehead atoms. The molecule has 1 fully saturated rings. The van der Waals surface area contributed by atoms with Crippen LogP contribution in [0.25, 0.3) is 10.7 Å². The Morgan fingerprint density at radius 2 is 2.19 bits per heavy atom. The quantitative estimate of drug-likeness (QED) is 0.597. The molecule has 1 aliphatic rings. The summed E-state index contributed by atoms with van der Waals surface area (Å²) in [6.07, 6.45) is 2.00. The molecule has 0 atom stereocenters. The van der Waals surface area contributed by atoms with Crippen LogP contribution in [0, 0.1) is 0 Å². The number of nitrogens with zero attached hydrogens (tertiary/aromatic N) is 3. The molecule has 4 rings (SSSR count). The zero-order valence-corrected chi connectivity index (χ0v) is 17.4. The van der Waals surface area contributed by atoms with E-state index in [-0.39, 0.29) is 24.2 Å². The molecule has 1 amide bonds. The summed E-state index contributed by atoms with van der Waals surface area (Å²) in [5.74, 6) is 0.424. The Labute approximate surface area is 172 Å². The van der Waals surface area contributed by atoms with Crippen LogP contribution in [-0.2, 0) is 6.54 Å². The summed E-state index contributed by atoms with van der Waals surface area (Å²) in [5.41, 5.74) is 0.261. The molecule has 2 aromatic heterocycles. The number of amides is 1. The number of hydrogen-bond acceptors (Lipinski definition) is 4. The Kier molecular flexibility index (Phi) is 5.21. The highest BCUT2D eigenvalue weighted by Gasteiger charge is 2.30. The minimum atomic E-state index is -0.283. The van der Waals surface area contributed by atoms with Crippen molar-refractivity contribution in [2.75, 3.05) is 6.54 Å². The Hall–Kier alpha value is -1.90. The van der Waals surface area contributed by atoms with Crippen LogP contribution < -0.4 is 11.0 Å². The van der Waals surface area contributed by atoms with Gasteiger partial charge in [-0.25, -0.2) is 9.48 Å². The topological polar surface area (TPSA) is 68.9 Å². The van der Waals surface area contributed by atoms with Gasteiger partial charge in [0.25, 0.3) is 5.91 Å². The lowest BCUT2D eigenvalue weighted by Crippen LogP contribution is -2.32. The van der Waals surface area contributed by atoms with Gasteiger partial charge in [-0.2, -0.15) is 0 Å². The van der Waals surface area contributed by atoms with Crippen molar-refractivity contribution < 1.29 is 4.79 Å². The van der Waals surface area contributed by atoms with Gasteiger partial charge in [0.2, 0.25) is 0 Å². The molecule has 27 heavy (non-hydrogen) atoms. The molecule has 0 aliphatic heterocycles. The van der Waals surface area contributed by atoms with Gasteiger partial charge < -0.3 is 5.32 Å². The van der Waals surface area contributed by atoms with Crippen LogP contribution >= 0.6 is 38.9 Å². The molecule has 0 saturated heterocycles. The van der Waals surface area contributed by atoms with Crippen molar-refractivity contribution in [3.8, 4) is 10.7 Å². The van der Waals surface area contributed by atoms with Crippen LogP contribution in [0.4, 0.5) is 0 Å². The van der Waals surface area contributed by atoms with Crippen molar-refractivity contribution in [3.63, 3.8) is 0 Å². The second-order valence-electron chi connectivity index (χ2n) is 6.29. The summed E-state index contributed by atoms with van der Waals surface area (Å²) in [6, 6.07) is 9.25. The van der Waals surface area contributed by atoms with E-state index in [9.17, 15) is 9.59 Å². The summed E-state index contributed by atoms with van der Waals surface area (Å²) < 4.78 is 3.98. The van der Waals surface area contributed by atoms with Crippen LogP contribution in [0.1, 0.15) is 29.2 Å². The van der Waals surface area contributed by atoms with Crippen molar-refractivity contribution in [1.29, 1.82) is 0 Å². The first-order valence-electron chi connectivity index (χ1n) is 8.51. The third-order valence-electron chi connectivity index (χ3n) is 4.31. The molecule has 6 nitrogen and oxygen atoms in total. The maximum absolute atomic E-state index is 12.7. The van der Waals surface area contributed by atoms with E-state index in [1.807, 2.05) is 17.5 Å². The van der Waals surface area contributed by atoms with E-state index in [2.05, 4.69) is 26.3 Å². The molecule has 140 valence electrons. The van der Waals surface area contributed by atoms with Gasteiger partial charge in [0.15, 0.2) is 5.82 Å². The van der Waals surface area contributed by atoms with Crippen LogP contribution in [-0.4, -0.2) is 26.8 Å². The minimum Gasteiger partial charge on any atom is -0.350 e. The molecule has 0 unspecified atom stereocenters. The Morgan fingerprint density at radius 3 is 2.89 bits per heavy atom. The number of thiophene rings is 1. The average molecular weight is 468 g/mol. The number of rotatable bonds is 6. The number of carbonyl (C=O) groups excluding carboxylic acids is 1. The Bertz CT molecular complexity index is 1040. The Morgan fingerprint density at radius 1 is 1.37 bits per heavy atom. The number of benzene rings is 1. The maximum atomic E-state index is 12.7. The summed E-state index contributed by atoms with van der Waals surface area (Å²) in [4.78, 5) is 26.1. The number of aromatic nitrogens is 3. The summed E-state index contributed by atoms with van der Waals surface area (Å²) in [5, 5.41) is 9.66. The normalized spacial score (nSPS) is 13.7. The van der Waals surface area contributed by atoms with E-state index in [1.165, 1.54) is 4.68 Å². The van der Waals surface area contributed by atoms with Gasteiger partial charge in [0, 0.05) is 17.1 Å². The second-order valence-corrected chi connectivity index (χ2v) is 8.56. The largest absolute Gasteiger partial charge is 0.350 e. The highest BCUT2D eigenvalue weighted by molar-refractivity contribution is 9.10. The molecule has 1 N–H and O–H groups in total. The number of hydrogen-bond donors (Lipinski definition) is 1. The molecular weight excluding hydrogens is 452 g/mol. The first-order valence-corrected chi connectivity index (χ1v) is 10.6. The van der Waals surface area contributed by atoms with Crippen molar-refractivity contribution in [3.05, 3.63) is 61.3 Å². The van der Waals surface area contributed by atoms with Crippen LogP contribution in [0.3, 0.4) is 0 Å². The fourth-order valence-electron chi connectivity index (χ4n) is 2.84. The van der Waals surface area contributed by atoms with Crippen molar-refractivity contribution in [2.24, 2.45) is 0 Å². The average Bonchev–Trinajstić information content (AvgIpc) is 3.22. The minimum absolute atomic E-state index is 0.129. The lowest BCUT2D eigenvalue weighted by Gasteiger charge is -2.07. The van der Waals surface area contributed by atoms with Gasteiger partial charge in [0.1, 0.15) is 0 Å². The van der Waals surface area contributed by atoms with Crippen LogP contribution in [0.2, 0.25) is 5.02 Å². The highest BCUT2D eigenvalue weighted by Crippen LogP contribution is 2.37. The molecule has 0 radical (unpaired) electrons. The third-order valence-corrected chi connectivity index (χ3v) is 5.99. The zero-order chi connectivity index (χ0) is 19.0. The monoisotopic (exact) mass is 466 g/mol. The molecule has 1 aliphatic carbocycles. The van der Waals surface area contributed by atoms with E-state index in [0.717, 1.165) is 22.2 Å². The lowest BCUT2D eigenvalue weighted by molar-refractivity contribution is 0.0952. The molecule has 3 aromatic rings. The molecule has 1 aromatic carbocycles. The van der Waals surface area contributed by atoms with E-state index in [4.69, 9.17) is 11.6 Å². The van der Waals surface area contributed by atoms with Gasteiger partial charge in [-0.05, 0) is 42.5 Å². The number of halogens is 2. The summed E-state index contributed by atoms with van der Waals surface area (Å²) in [7, 11) is 0. The molecule has 2 heterocycles. The number of carbonyl (C=O) groups is 1. The third kappa shape index (κ3) is 3.88. The zero-order valence-electron chi connectivity index (χ0n) is 14.2. The smallest absolute Gasteiger partial charge is 0.346 e. The predicted octanol–water partition coefficient (Wildman–Crippen LogP) is 3.95. The second kappa shape index (κ2) is 7.61. The molecule has 1 saturated carbocycles. The summed E-state index contributed by atoms with van der Waals surface area (Å²) in [6.45, 7) is 0.585. The van der Waals surface area contributed by atoms with Crippen molar-refractivity contribution in [1.82, 2.24) is 19.7 Å². The fraction of sp³-hybridized carbons (Fsp3) is 0.278. The standard InChI is InChI=1S/C18H16BrClN4O2S/c19-11-3-6-14(20)13(10-11)17(25)21-7-8-23-18(26)24(12-4-5-12)16(22-23)15-2-1-9-27-15/h1-3,6,9-10,12H,4-5,7-8H2,(H,21,25). The van der Waals surface area contributed by atoms with Gasteiger partial charge in [-0.15, -0.1) is 16.4 Å². The van der Waals surface area contributed by atoms with Gasteiger partial charge in [0.05, 0.1) is 22.0 Å². The fourth-order valence-corrected chi connectivity index (χ4v) is 4.11. The SMILES string of the molecule is O=C(NCCn1nc(-c2cccs2)n(C2CC2)c1=O)c1cc(Br)ccc1Cl. The number of nitrogens with one attached hydrogen (secondary N) is 1. The lowest BCUT2D eigenvalue weighted by atomic mass is 10.2. The van der Waals surface area contributed by atoms with E-state index in [1.54, 1.807) is 34.1 Å². The van der Waals surface area contributed by atoms with E-state index < -0.39 is 0 Å². The maximum Gasteiger partial charge on any atom is 0.346 e. The first kappa shape index (κ1) is 18.5. The highest BCUT2D eigenvalue weighted by atomic mass is 79.9. The molecule has 9 heteroatoms. The van der Waals surface area contributed by atoms with Crippen molar-refractivity contribution in [2.45, 2.75) is 25.4 Å². The van der Waals surface area contributed by atoms with E-state index >= 15 is 0 Å². The Balaban J connectivity index is 1.49. The van der Waals surface area contributed by atoms with Gasteiger partial charge in [-0.1, -0.05) is 33.6 Å². The van der Waals surface area contributed by atoms with Gasteiger partial charge >= 0.3 is 5.69 Å². The van der Waals surface area contributed by atoms with Gasteiger partial charge in [-0.3, -0.25) is 9.36 Å².